The van der Waals surface area contributed by atoms with Crippen LogP contribution < -0.4 is 15.4 Å². The summed E-state index contributed by atoms with van der Waals surface area (Å²) in [6.07, 6.45) is 3.64. The van der Waals surface area contributed by atoms with Gasteiger partial charge in [0.15, 0.2) is 0 Å². The van der Waals surface area contributed by atoms with Crippen molar-refractivity contribution >= 4 is 11.6 Å². The maximum absolute atomic E-state index is 11.0. The molecule has 1 aromatic carbocycles. The quantitative estimate of drug-likeness (QED) is 0.856. The van der Waals surface area contributed by atoms with E-state index < -0.39 is 0 Å². The van der Waals surface area contributed by atoms with Crippen molar-refractivity contribution in [1.29, 1.82) is 0 Å². The minimum Gasteiger partial charge on any atom is -0.494 e. The molecule has 1 fully saturated rings. The fourth-order valence-electron chi connectivity index (χ4n) is 2.38. The van der Waals surface area contributed by atoms with Gasteiger partial charge in [-0.2, -0.15) is 0 Å². The van der Waals surface area contributed by atoms with Crippen molar-refractivity contribution in [3.63, 3.8) is 0 Å². The summed E-state index contributed by atoms with van der Waals surface area (Å²) in [5, 5.41) is 6.17. The molecular formula is C15H22N2O2. The minimum absolute atomic E-state index is 0.0644. The number of benzene rings is 1. The number of carbonyl (C=O) groups excluding carboxylic acids is 1. The average Bonchev–Trinajstić information content (AvgIpc) is 2.40. The molecule has 19 heavy (non-hydrogen) atoms. The summed E-state index contributed by atoms with van der Waals surface area (Å²) in [5.74, 6) is 1.48. The van der Waals surface area contributed by atoms with E-state index in [4.69, 9.17) is 4.74 Å². The predicted octanol–water partition coefficient (Wildman–Crippen LogP) is 2.41. The highest BCUT2D eigenvalue weighted by molar-refractivity contribution is 5.88. The van der Waals surface area contributed by atoms with E-state index in [1.54, 1.807) is 0 Å². The number of rotatable bonds is 5. The number of ether oxygens (including phenoxy) is 1. The van der Waals surface area contributed by atoms with Gasteiger partial charge in [-0.15, -0.1) is 0 Å². The lowest BCUT2D eigenvalue weighted by atomic mass is 9.97. The first-order chi connectivity index (χ1) is 9.24. The van der Waals surface area contributed by atoms with E-state index in [1.165, 1.54) is 19.8 Å². The first-order valence-electron chi connectivity index (χ1n) is 6.95. The van der Waals surface area contributed by atoms with E-state index in [0.717, 1.165) is 43.5 Å². The molecule has 0 aliphatic carbocycles. The maximum atomic E-state index is 11.0. The molecule has 4 nitrogen and oxygen atoms in total. The molecule has 1 heterocycles. The molecule has 104 valence electrons. The standard InChI is InChI=1S/C15H22N2O2/c1-12(18)17-14-5-2-6-15(10-14)19-9-7-13-4-3-8-16-11-13/h2,5-6,10,13,16H,3-4,7-9,11H2,1H3,(H,17,18)/t13-/m0/s1. The molecule has 0 radical (unpaired) electrons. The van der Waals surface area contributed by atoms with Gasteiger partial charge in [0.2, 0.25) is 5.91 Å². The molecule has 1 amide bonds. The lowest BCUT2D eigenvalue weighted by molar-refractivity contribution is -0.114. The average molecular weight is 262 g/mol. The van der Waals surface area contributed by atoms with Gasteiger partial charge >= 0.3 is 0 Å². The highest BCUT2D eigenvalue weighted by Crippen LogP contribution is 2.19. The zero-order chi connectivity index (χ0) is 13.5. The second kappa shape index (κ2) is 7.14. The highest BCUT2D eigenvalue weighted by atomic mass is 16.5. The van der Waals surface area contributed by atoms with Gasteiger partial charge in [0.1, 0.15) is 5.75 Å². The van der Waals surface area contributed by atoms with Crippen molar-refractivity contribution in [3.05, 3.63) is 24.3 Å². The van der Waals surface area contributed by atoms with Crippen LogP contribution in [0.4, 0.5) is 5.69 Å². The summed E-state index contributed by atoms with van der Waals surface area (Å²) in [5.41, 5.74) is 0.782. The smallest absolute Gasteiger partial charge is 0.221 e. The van der Waals surface area contributed by atoms with Gasteiger partial charge in [0, 0.05) is 18.7 Å². The summed E-state index contributed by atoms with van der Waals surface area (Å²) in [6.45, 7) is 4.49. The second-order valence-corrected chi connectivity index (χ2v) is 5.06. The van der Waals surface area contributed by atoms with Crippen LogP contribution in [0.2, 0.25) is 0 Å². The first-order valence-corrected chi connectivity index (χ1v) is 6.95. The molecule has 1 aliphatic heterocycles. The number of hydrogen-bond donors (Lipinski definition) is 2. The lowest BCUT2D eigenvalue weighted by Crippen LogP contribution is -2.30. The van der Waals surface area contributed by atoms with Gasteiger partial charge < -0.3 is 15.4 Å². The van der Waals surface area contributed by atoms with E-state index in [1.807, 2.05) is 24.3 Å². The summed E-state index contributed by atoms with van der Waals surface area (Å²) >= 11 is 0. The SMILES string of the molecule is CC(=O)Nc1cccc(OCC[C@@H]2CCCNC2)c1. The molecule has 0 bridgehead atoms. The van der Waals surface area contributed by atoms with Crippen LogP contribution in [-0.4, -0.2) is 25.6 Å². The third-order valence-electron chi connectivity index (χ3n) is 3.35. The van der Waals surface area contributed by atoms with Crippen LogP contribution in [0.1, 0.15) is 26.2 Å². The topological polar surface area (TPSA) is 50.4 Å². The number of nitrogens with one attached hydrogen (secondary N) is 2. The summed E-state index contributed by atoms with van der Waals surface area (Å²) in [4.78, 5) is 11.0. The van der Waals surface area contributed by atoms with Crippen LogP contribution in [0.5, 0.6) is 5.75 Å². The number of hydrogen-bond acceptors (Lipinski definition) is 3. The highest BCUT2D eigenvalue weighted by Gasteiger charge is 2.12. The Balaban J connectivity index is 1.77. The Labute approximate surface area is 114 Å². The van der Waals surface area contributed by atoms with Crippen molar-refractivity contribution < 1.29 is 9.53 Å². The van der Waals surface area contributed by atoms with Gasteiger partial charge in [-0.1, -0.05) is 6.07 Å². The fraction of sp³-hybridized carbons (Fsp3) is 0.533. The molecule has 0 unspecified atom stereocenters. The third kappa shape index (κ3) is 4.91. The molecule has 1 saturated heterocycles. The van der Waals surface area contributed by atoms with Crippen LogP contribution in [0.25, 0.3) is 0 Å². The molecule has 1 atom stereocenters. The van der Waals surface area contributed by atoms with Crippen molar-refractivity contribution in [2.45, 2.75) is 26.2 Å². The van der Waals surface area contributed by atoms with Crippen LogP contribution in [0, 0.1) is 5.92 Å². The Morgan fingerprint density at radius 2 is 2.42 bits per heavy atom. The lowest BCUT2D eigenvalue weighted by Gasteiger charge is -2.22. The molecule has 4 heteroatoms. The molecule has 0 aromatic heterocycles. The van der Waals surface area contributed by atoms with Gasteiger partial charge in [0.05, 0.1) is 6.61 Å². The van der Waals surface area contributed by atoms with Crippen molar-refractivity contribution in [2.24, 2.45) is 5.92 Å². The summed E-state index contributed by atoms with van der Waals surface area (Å²) in [6, 6.07) is 7.53. The van der Waals surface area contributed by atoms with E-state index in [0.29, 0.717) is 0 Å². The van der Waals surface area contributed by atoms with Gasteiger partial charge in [-0.25, -0.2) is 0 Å². The number of anilines is 1. The van der Waals surface area contributed by atoms with Crippen molar-refractivity contribution in [3.8, 4) is 5.75 Å². The van der Waals surface area contributed by atoms with Crippen LogP contribution in [-0.2, 0) is 4.79 Å². The molecular weight excluding hydrogens is 240 g/mol. The maximum Gasteiger partial charge on any atom is 0.221 e. The van der Waals surface area contributed by atoms with Crippen LogP contribution in [0.15, 0.2) is 24.3 Å². The van der Waals surface area contributed by atoms with E-state index in [2.05, 4.69) is 10.6 Å². The van der Waals surface area contributed by atoms with Crippen molar-refractivity contribution in [2.75, 3.05) is 25.0 Å². The Morgan fingerprint density at radius 3 is 3.16 bits per heavy atom. The van der Waals surface area contributed by atoms with Gasteiger partial charge in [-0.3, -0.25) is 4.79 Å². The summed E-state index contributed by atoms with van der Waals surface area (Å²) < 4.78 is 5.75. The number of carbonyl (C=O) groups is 1. The Morgan fingerprint density at radius 1 is 1.53 bits per heavy atom. The first kappa shape index (κ1) is 13.9. The fourth-order valence-corrected chi connectivity index (χ4v) is 2.38. The molecule has 2 rings (SSSR count). The molecule has 1 aliphatic rings. The zero-order valence-corrected chi connectivity index (χ0v) is 11.4. The summed E-state index contributed by atoms with van der Waals surface area (Å²) in [7, 11) is 0. The van der Waals surface area contributed by atoms with E-state index in [-0.39, 0.29) is 5.91 Å². The number of amides is 1. The van der Waals surface area contributed by atoms with Crippen LogP contribution >= 0.6 is 0 Å². The van der Waals surface area contributed by atoms with Gasteiger partial charge in [0.25, 0.3) is 0 Å². The normalized spacial score (nSPS) is 18.9. The Kier molecular flexibility index (Phi) is 5.21. The monoisotopic (exact) mass is 262 g/mol. The Hall–Kier alpha value is -1.55. The van der Waals surface area contributed by atoms with E-state index in [9.17, 15) is 4.79 Å². The van der Waals surface area contributed by atoms with Crippen LogP contribution in [0.3, 0.4) is 0 Å². The van der Waals surface area contributed by atoms with E-state index >= 15 is 0 Å². The molecule has 0 saturated carbocycles. The number of piperidine rings is 1. The molecule has 1 aromatic rings. The zero-order valence-electron chi connectivity index (χ0n) is 11.4. The molecule has 0 spiro atoms. The minimum atomic E-state index is -0.0644. The Bertz CT molecular complexity index is 414. The second-order valence-electron chi connectivity index (χ2n) is 5.06. The predicted molar refractivity (Wildman–Crippen MR) is 76.5 cm³/mol. The van der Waals surface area contributed by atoms with Crippen molar-refractivity contribution in [1.82, 2.24) is 5.32 Å². The van der Waals surface area contributed by atoms with Gasteiger partial charge in [-0.05, 0) is 50.4 Å². The molecule has 2 N–H and O–H groups in total. The largest absolute Gasteiger partial charge is 0.494 e. The third-order valence-corrected chi connectivity index (χ3v) is 3.35.